The van der Waals surface area contributed by atoms with Gasteiger partial charge < -0.3 is 11.1 Å². The monoisotopic (exact) mass is 376 g/mol. The molecule has 0 saturated heterocycles. The maximum atomic E-state index is 12.4. The summed E-state index contributed by atoms with van der Waals surface area (Å²) in [5.41, 5.74) is 13.4. The zero-order valence-corrected chi connectivity index (χ0v) is 15.9. The predicted octanol–water partition coefficient (Wildman–Crippen LogP) is 4.22. The van der Waals surface area contributed by atoms with Crippen LogP contribution in [0.4, 0.5) is 11.4 Å². The van der Waals surface area contributed by atoms with E-state index in [-0.39, 0.29) is 11.8 Å². The Labute approximate surface area is 162 Å². The first-order valence-corrected chi connectivity index (χ1v) is 9.58. The molecule has 0 atom stereocenters. The summed E-state index contributed by atoms with van der Waals surface area (Å²) in [5.74, 6) is -0.0271. The van der Waals surface area contributed by atoms with Gasteiger partial charge in [-0.25, -0.2) is 5.43 Å². The minimum atomic E-state index is -0.173. The van der Waals surface area contributed by atoms with Crippen LogP contribution < -0.4 is 16.5 Å². The zero-order valence-electron chi connectivity index (χ0n) is 15.1. The number of allylic oxidation sites excluding steroid dienone is 1. The van der Waals surface area contributed by atoms with Crippen molar-refractivity contribution < 1.29 is 4.79 Å². The molecule has 136 valence electrons. The fraction of sp³-hybridized carbons (Fsp3) is 0.143. The van der Waals surface area contributed by atoms with E-state index in [0.29, 0.717) is 5.57 Å². The Morgan fingerprint density at radius 1 is 1.07 bits per heavy atom. The quantitative estimate of drug-likeness (QED) is 0.553. The number of amides is 1. The molecule has 0 fully saturated rings. The lowest BCUT2D eigenvalue weighted by atomic mass is 9.96. The predicted molar refractivity (Wildman–Crippen MR) is 112 cm³/mol. The molecule has 2 aliphatic heterocycles. The number of anilines is 2. The van der Waals surface area contributed by atoms with Crippen LogP contribution in [0.15, 0.2) is 75.9 Å². The van der Waals surface area contributed by atoms with Crippen LogP contribution in [-0.4, -0.2) is 11.6 Å². The molecular formula is C21H20N4OS. The van der Waals surface area contributed by atoms with E-state index in [1.54, 1.807) is 11.8 Å². The standard InChI is InChI=1S/C21H20N4OS/c1-12(2)20-19(21(26)25-24-20)17-11-18(15-5-3-4-6-16(15)23-17)27-14-9-7-13(22)8-10-14/h3-12,23H,22H2,1-2H3,(H,25,26). The maximum Gasteiger partial charge on any atom is 0.275 e. The van der Waals surface area contributed by atoms with Gasteiger partial charge in [0, 0.05) is 26.7 Å². The highest BCUT2D eigenvalue weighted by molar-refractivity contribution is 8.08. The van der Waals surface area contributed by atoms with Gasteiger partial charge in [0.25, 0.3) is 5.91 Å². The van der Waals surface area contributed by atoms with E-state index in [0.717, 1.165) is 38.1 Å². The van der Waals surface area contributed by atoms with Crippen LogP contribution in [0.25, 0.3) is 4.91 Å². The van der Waals surface area contributed by atoms with Crippen molar-refractivity contribution in [2.45, 2.75) is 18.7 Å². The largest absolute Gasteiger partial charge is 0.399 e. The molecule has 0 radical (unpaired) electrons. The van der Waals surface area contributed by atoms with Gasteiger partial charge in [-0.15, -0.1) is 0 Å². The van der Waals surface area contributed by atoms with E-state index >= 15 is 0 Å². The molecule has 6 heteroatoms. The third-order valence-electron chi connectivity index (χ3n) is 4.42. The minimum Gasteiger partial charge on any atom is -0.399 e. The van der Waals surface area contributed by atoms with Gasteiger partial charge in [-0.3, -0.25) is 4.79 Å². The van der Waals surface area contributed by atoms with Gasteiger partial charge in [0.1, 0.15) is 0 Å². The summed E-state index contributed by atoms with van der Waals surface area (Å²) in [6.07, 6.45) is 2.03. The SMILES string of the molecule is CC(C)C1=NNC(=O)C1=C1C=C(Sc2ccc(N)cc2)c2ccccc2N1. The number of nitrogens with two attached hydrogens (primary N) is 1. The second-order valence-electron chi connectivity index (χ2n) is 6.73. The average molecular weight is 376 g/mol. The first kappa shape index (κ1) is 17.4. The number of hydrazone groups is 1. The number of nitrogens with one attached hydrogen (secondary N) is 2. The minimum absolute atomic E-state index is 0.145. The van der Waals surface area contributed by atoms with Gasteiger partial charge in [0.2, 0.25) is 0 Å². The maximum absolute atomic E-state index is 12.4. The van der Waals surface area contributed by atoms with Crippen molar-refractivity contribution in [3.8, 4) is 0 Å². The average Bonchev–Trinajstić information content (AvgIpc) is 3.05. The molecule has 4 rings (SSSR count). The molecule has 27 heavy (non-hydrogen) atoms. The first-order chi connectivity index (χ1) is 13.0. The molecule has 0 aromatic heterocycles. The molecule has 4 N–H and O–H groups in total. The van der Waals surface area contributed by atoms with Crippen molar-refractivity contribution in [1.82, 2.24) is 5.43 Å². The molecule has 2 aromatic carbocycles. The Morgan fingerprint density at radius 2 is 1.81 bits per heavy atom. The summed E-state index contributed by atoms with van der Waals surface area (Å²) in [4.78, 5) is 14.6. The summed E-state index contributed by atoms with van der Waals surface area (Å²) < 4.78 is 0. The van der Waals surface area contributed by atoms with E-state index in [9.17, 15) is 4.79 Å². The van der Waals surface area contributed by atoms with Gasteiger partial charge >= 0.3 is 0 Å². The van der Waals surface area contributed by atoms with Crippen LogP contribution in [0.5, 0.6) is 0 Å². The van der Waals surface area contributed by atoms with E-state index in [1.165, 1.54) is 0 Å². The molecule has 2 aliphatic rings. The molecule has 0 saturated carbocycles. The highest BCUT2D eigenvalue weighted by atomic mass is 32.2. The number of carbonyl (C=O) groups excluding carboxylic acids is 1. The number of thioether (sulfide) groups is 1. The number of benzene rings is 2. The molecule has 5 nitrogen and oxygen atoms in total. The highest BCUT2D eigenvalue weighted by Gasteiger charge is 2.30. The zero-order chi connectivity index (χ0) is 19.0. The van der Waals surface area contributed by atoms with Crippen LogP contribution in [0, 0.1) is 5.92 Å². The van der Waals surface area contributed by atoms with Crippen molar-refractivity contribution in [3.05, 3.63) is 71.4 Å². The topological polar surface area (TPSA) is 79.5 Å². The first-order valence-electron chi connectivity index (χ1n) is 8.77. The Morgan fingerprint density at radius 3 is 2.56 bits per heavy atom. The van der Waals surface area contributed by atoms with E-state index in [1.807, 2.05) is 62.4 Å². The number of fused-ring (bicyclic) bond motifs is 1. The molecule has 2 heterocycles. The molecule has 0 aliphatic carbocycles. The van der Waals surface area contributed by atoms with Crippen LogP contribution in [-0.2, 0) is 4.79 Å². The van der Waals surface area contributed by atoms with Crippen LogP contribution in [0.1, 0.15) is 19.4 Å². The van der Waals surface area contributed by atoms with E-state index in [4.69, 9.17) is 5.73 Å². The lowest BCUT2D eigenvalue weighted by Gasteiger charge is -2.23. The van der Waals surface area contributed by atoms with Gasteiger partial charge in [0.05, 0.1) is 17.0 Å². The summed E-state index contributed by atoms with van der Waals surface area (Å²) >= 11 is 1.65. The van der Waals surface area contributed by atoms with Gasteiger partial charge in [-0.05, 0) is 42.3 Å². The molecule has 2 aromatic rings. The van der Waals surface area contributed by atoms with Crippen molar-refractivity contribution in [2.75, 3.05) is 11.1 Å². The van der Waals surface area contributed by atoms with Crippen LogP contribution in [0.3, 0.4) is 0 Å². The molecule has 0 spiro atoms. The van der Waals surface area contributed by atoms with Gasteiger partial charge in [-0.1, -0.05) is 43.8 Å². The number of nitrogens with zero attached hydrogens (tertiary/aromatic N) is 1. The normalized spacial score (nSPS) is 18.6. The lowest BCUT2D eigenvalue weighted by molar-refractivity contribution is -0.116. The number of carbonyl (C=O) groups is 1. The third-order valence-corrected chi connectivity index (χ3v) is 5.49. The summed E-state index contributed by atoms with van der Waals surface area (Å²) in [6.45, 7) is 4.06. The second-order valence-corrected chi connectivity index (χ2v) is 7.85. The van der Waals surface area contributed by atoms with Gasteiger partial charge in [0.15, 0.2) is 0 Å². The fourth-order valence-corrected chi connectivity index (χ4v) is 4.09. The Bertz CT molecular complexity index is 1000. The van der Waals surface area contributed by atoms with Crippen LogP contribution in [0.2, 0.25) is 0 Å². The summed E-state index contributed by atoms with van der Waals surface area (Å²) in [5, 5.41) is 7.62. The van der Waals surface area contributed by atoms with Crippen molar-refractivity contribution >= 4 is 39.7 Å². The van der Waals surface area contributed by atoms with E-state index < -0.39 is 0 Å². The Kier molecular flexibility index (Phi) is 4.49. The number of nitrogen functional groups attached to an aromatic ring is 1. The smallest absolute Gasteiger partial charge is 0.275 e. The van der Waals surface area contributed by atoms with Crippen molar-refractivity contribution in [1.29, 1.82) is 0 Å². The Balaban J connectivity index is 1.81. The summed E-state index contributed by atoms with van der Waals surface area (Å²) in [7, 11) is 0. The molecular weight excluding hydrogens is 356 g/mol. The fourth-order valence-electron chi connectivity index (χ4n) is 3.10. The molecule has 1 amide bonds. The number of hydrogen-bond donors (Lipinski definition) is 3. The molecule has 0 unspecified atom stereocenters. The summed E-state index contributed by atoms with van der Waals surface area (Å²) in [6, 6.07) is 15.9. The third kappa shape index (κ3) is 3.36. The van der Waals surface area contributed by atoms with E-state index in [2.05, 4.69) is 21.9 Å². The number of para-hydroxylation sites is 1. The second kappa shape index (κ2) is 6.96. The van der Waals surface area contributed by atoms with Crippen LogP contribution >= 0.6 is 11.8 Å². The number of rotatable bonds is 3. The highest BCUT2D eigenvalue weighted by Crippen LogP contribution is 2.42. The van der Waals surface area contributed by atoms with Crippen molar-refractivity contribution in [3.63, 3.8) is 0 Å². The molecule has 0 bridgehead atoms. The van der Waals surface area contributed by atoms with Gasteiger partial charge in [-0.2, -0.15) is 5.10 Å². The number of hydrogen-bond acceptors (Lipinski definition) is 5. The Hall–Kier alpha value is -2.99. The lowest BCUT2D eigenvalue weighted by Crippen LogP contribution is -2.21. The van der Waals surface area contributed by atoms with Crippen molar-refractivity contribution in [2.24, 2.45) is 11.0 Å².